The average Bonchev–Trinajstić information content (AvgIpc) is 3.50. The fraction of sp³-hybridized carbons (Fsp3) is 0.111. The van der Waals surface area contributed by atoms with Crippen molar-refractivity contribution in [3.8, 4) is 17.1 Å². The highest BCUT2D eigenvalue weighted by Crippen LogP contribution is 2.29. The molecule has 0 bridgehead atoms. The van der Waals surface area contributed by atoms with Crippen LogP contribution >= 0.6 is 34.7 Å². The van der Waals surface area contributed by atoms with Gasteiger partial charge < -0.3 is 5.32 Å². The van der Waals surface area contributed by atoms with E-state index in [0.717, 1.165) is 22.5 Å². The van der Waals surface area contributed by atoms with Gasteiger partial charge in [0.1, 0.15) is 0 Å². The van der Waals surface area contributed by atoms with Gasteiger partial charge in [0.05, 0.1) is 5.75 Å². The van der Waals surface area contributed by atoms with E-state index in [1.165, 1.54) is 34.2 Å². The van der Waals surface area contributed by atoms with E-state index in [4.69, 9.17) is 11.6 Å². The molecule has 0 saturated heterocycles. The highest BCUT2D eigenvalue weighted by Gasteiger charge is 2.18. The summed E-state index contributed by atoms with van der Waals surface area (Å²) in [5.74, 6) is 0.720. The Balaban J connectivity index is 1.28. The number of anilines is 1. The first-order valence-corrected chi connectivity index (χ1v) is 13.4. The van der Waals surface area contributed by atoms with Gasteiger partial charge in [-0.1, -0.05) is 83.5 Å². The Labute approximate surface area is 222 Å². The van der Waals surface area contributed by atoms with Crippen LogP contribution < -0.4 is 5.32 Å². The third kappa shape index (κ3) is 5.84. The van der Waals surface area contributed by atoms with Gasteiger partial charge in [0.25, 0.3) is 0 Å². The summed E-state index contributed by atoms with van der Waals surface area (Å²) in [5, 5.41) is 13.6. The predicted molar refractivity (Wildman–Crippen MR) is 147 cm³/mol. The lowest BCUT2D eigenvalue weighted by molar-refractivity contribution is -0.113. The number of benzene rings is 3. The first-order valence-electron chi connectivity index (χ1n) is 11.2. The molecule has 3 aromatic carbocycles. The van der Waals surface area contributed by atoms with Crippen molar-refractivity contribution >= 4 is 45.7 Å². The number of carbonyl (C=O) groups excluding carboxylic acids is 1. The maximum atomic E-state index is 12.7. The van der Waals surface area contributed by atoms with Crippen molar-refractivity contribution in [2.24, 2.45) is 0 Å². The molecule has 5 rings (SSSR count). The second-order valence-electron chi connectivity index (χ2n) is 8.12. The molecule has 180 valence electrons. The molecule has 0 aliphatic rings. The fourth-order valence-electron chi connectivity index (χ4n) is 3.72. The van der Waals surface area contributed by atoms with Gasteiger partial charge in [0.15, 0.2) is 16.1 Å². The van der Waals surface area contributed by atoms with Gasteiger partial charge in [-0.3, -0.25) is 9.36 Å². The van der Waals surface area contributed by atoms with E-state index in [1.54, 1.807) is 0 Å². The molecule has 1 N–H and O–H groups in total. The van der Waals surface area contributed by atoms with Gasteiger partial charge in [-0.25, -0.2) is 4.98 Å². The molecule has 2 heterocycles. The third-order valence-corrected chi connectivity index (χ3v) is 7.44. The number of hydrogen-bond donors (Lipinski definition) is 1. The van der Waals surface area contributed by atoms with Crippen LogP contribution in [0.1, 0.15) is 16.0 Å². The maximum absolute atomic E-state index is 12.7. The van der Waals surface area contributed by atoms with Crippen molar-refractivity contribution in [2.45, 2.75) is 18.5 Å². The molecule has 1 amide bonds. The Morgan fingerprint density at radius 2 is 1.83 bits per heavy atom. The second-order valence-corrected chi connectivity index (χ2v) is 10.6. The second kappa shape index (κ2) is 11.1. The van der Waals surface area contributed by atoms with E-state index in [1.807, 2.05) is 65.4 Å². The Hall–Kier alpha value is -3.46. The molecule has 0 aliphatic heterocycles. The van der Waals surface area contributed by atoms with Crippen LogP contribution in [0.4, 0.5) is 5.13 Å². The minimum Gasteiger partial charge on any atom is -0.301 e. The molecule has 0 fully saturated rings. The van der Waals surface area contributed by atoms with E-state index >= 15 is 0 Å². The molecule has 0 aliphatic carbocycles. The van der Waals surface area contributed by atoms with Crippen LogP contribution in [-0.4, -0.2) is 31.4 Å². The van der Waals surface area contributed by atoms with Crippen LogP contribution in [0.5, 0.6) is 0 Å². The summed E-state index contributed by atoms with van der Waals surface area (Å²) in [4.78, 5) is 18.2. The maximum Gasteiger partial charge on any atom is 0.236 e. The van der Waals surface area contributed by atoms with Gasteiger partial charge in [-0.05, 0) is 36.8 Å². The zero-order valence-corrected chi connectivity index (χ0v) is 21.8. The summed E-state index contributed by atoms with van der Waals surface area (Å²) < 4.78 is 1.94. The lowest BCUT2D eigenvalue weighted by Gasteiger charge is -2.10. The molecule has 36 heavy (non-hydrogen) atoms. The molecule has 9 heteroatoms. The fourth-order valence-corrected chi connectivity index (χ4v) is 5.46. The quantitative estimate of drug-likeness (QED) is 0.226. The van der Waals surface area contributed by atoms with Gasteiger partial charge in [-0.15, -0.1) is 21.5 Å². The Morgan fingerprint density at radius 3 is 2.61 bits per heavy atom. The number of aromatic nitrogens is 4. The summed E-state index contributed by atoms with van der Waals surface area (Å²) in [7, 11) is 0. The van der Waals surface area contributed by atoms with E-state index in [-0.39, 0.29) is 11.7 Å². The van der Waals surface area contributed by atoms with Crippen molar-refractivity contribution in [1.82, 2.24) is 19.7 Å². The van der Waals surface area contributed by atoms with Crippen LogP contribution in [0, 0.1) is 6.92 Å². The van der Waals surface area contributed by atoms with Crippen LogP contribution in [-0.2, 0) is 11.2 Å². The number of nitrogens with one attached hydrogen (secondary N) is 1. The van der Waals surface area contributed by atoms with Crippen molar-refractivity contribution in [3.63, 3.8) is 0 Å². The molecule has 0 saturated carbocycles. The molecule has 0 unspecified atom stereocenters. The number of hydrogen-bond acceptors (Lipinski definition) is 6. The van der Waals surface area contributed by atoms with Gasteiger partial charge >= 0.3 is 0 Å². The van der Waals surface area contributed by atoms with Crippen molar-refractivity contribution in [1.29, 1.82) is 0 Å². The molecule has 6 nitrogen and oxygen atoms in total. The SMILES string of the molecule is Cc1cccc(Cc2cnc(NC(=O)CSc3nnc(-c4ccccc4)n3-c3ccc(Cl)cc3)s2)c1. The number of nitrogens with zero attached hydrogens (tertiary/aromatic N) is 4. The minimum atomic E-state index is -0.150. The monoisotopic (exact) mass is 531 g/mol. The van der Waals surface area contributed by atoms with Gasteiger partial charge in [-0.2, -0.15) is 0 Å². The first-order chi connectivity index (χ1) is 17.5. The normalized spacial score (nSPS) is 10.9. The Morgan fingerprint density at radius 1 is 1.03 bits per heavy atom. The molecule has 2 aromatic heterocycles. The van der Waals surface area contributed by atoms with E-state index in [0.29, 0.717) is 21.1 Å². The summed E-state index contributed by atoms with van der Waals surface area (Å²) in [6.07, 6.45) is 2.61. The lowest BCUT2D eigenvalue weighted by atomic mass is 10.1. The average molecular weight is 532 g/mol. The summed E-state index contributed by atoms with van der Waals surface area (Å²) in [6.45, 7) is 2.08. The zero-order chi connectivity index (χ0) is 24.9. The molecular weight excluding hydrogens is 510 g/mol. The highest BCUT2D eigenvalue weighted by atomic mass is 35.5. The van der Waals surface area contributed by atoms with Crippen molar-refractivity contribution in [2.75, 3.05) is 11.1 Å². The molecule has 0 spiro atoms. The predicted octanol–water partition coefficient (Wildman–Crippen LogP) is 6.67. The summed E-state index contributed by atoms with van der Waals surface area (Å²) >= 11 is 8.91. The smallest absolute Gasteiger partial charge is 0.236 e. The first kappa shape index (κ1) is 24.2. The number of carbonyl (C=O) groups is 1. The zero-order valence-electron chi connectivity index (χ0n) is 19.4. The van der Waals surface area contributed by atoms with E-state index in [9.17, 15) is 4.79 Å². The van der Waals surface area contributed by atoms with Crippen LogP contribution in [0.25, 0.3) is 17.1 Å². The summed E-state index contributed by atoms with van der Waals surface area (Å²) in [5.41, 5.74) is 4.25. The Kier molecular flexibility index (Phi) is 7.46. The number of halogens is 1. The number of rotatable bonds is 8. The van der Waals surface area contributed by atoms with Crippen molar-refractivity contribution in [3.05, 3.63) is 106 Å². The van der Waals surface area contributed by atoms with E-state index < -0.39 is 0 Å². The van der Waals surface area contributed by atoms with Crippen LogP contribution in [0.15, 0.2) is 90.2 Å². The Bertz CT molecular complexity index is 1480. The summed E-state index contributed by atoms with van der Waals surface area (Å²) in [6, 6.07) is 25.7. The number of thioether (sulfide) groups is 1. The standard InChI is InChI=1S/C27H22ClN5OS2/c1-18-6-5-7-19(14-18)15-23-16-29-26(36-23)30-24(34)17-35-27-32-31-25(20-8-3-2-4-9-20)33(27)22-12-10-21(28)11-13-22/h2-14,16H,15,17H2,1H3,(H,29,30,34). The molecule has 0 radical (unpaired) electrons. The largest absolute Gasteiger partial charge is 0.301 e. The number of aryl methyl sites for hydroxylation is 1. The van der Waals surface area contributed by atoms with Crippen molar-refractivity contribution < 1.29 is 4.79 Å². The van der Waals surface area contributed by atoms with Gasteiger partial charge in [0.2, 0.25) is 5.91 Å². The van der Waals surface area contributed by atoms with E-state index in [2.05, 4.69) is 51.7 Å². The third-order valence-electron chi connectivity index (χ3n) is 5.34. The lowest BCUT2D eigenvalue weighted by Crippen LogP contribution is -2.14. The molecular formula is C27H22ClN5OS2. The molecule has 5 aromatic rings. The number of amides is 1. The van der Waals surface area contributed by atoms with Crippen LogP contribution in [0.3, 0.4) is 0 Å². The topological polar surface area (TPSA) is 72.7 Å². The number of thiazole rings is 1. The minimum absolute atomic E-state index is 0.150. The highest BCUT2D eigenvalue weighted by molar-refractivity contribution is 7.99. The molecule has 0 atom stereocenters. The van der Waals surface area contributed by atoms with Crippen LogP contribution in [0.2, 0.25) is 5.02 Å². The van der Waals surface area contributed by atoms with Gasteiger partial charge in [0, 0.05) is 33.8 Å².